The molecule has 0 fully saturated rings. The van der Waals surface area contributed by atoms with Crippen LogP contribution in [0.25, 0.3) is 22.4 Å². The van der Waals surface area contributed by atoms with Crippen LogP contribution >= 0.6 is 0 Å². The fourth-order valence-corrected chi connectivity index (χ4v) is 3.89. The third-order valence-electron chi connectivity index (χ3n) is 5.50. The Morgan fingerprint density at radius 2 is 1.88 bits per heavy atom. The van der Waals surface area contributed by atoms with E-state index in [1.165, 1.54) is 12.1 Å². The average molecular weight is 441 g/mol. The summed E-state index contributed by atoms with van der Waals surface area (Å²) >= 11 is 0. The number of para-hydroxylation sites is 1. The van der Waals surface area contributed by atoms with E-state index in [1.807, 2.05) is 18.2 Å². The minimum absolute atomic E-state index is 0.0701. The van der Waals surface area contributed by atoms with Crippen molar-refractivity contribution in [3.63, 3.8) is 0 Å². The largest absolute Gasteiger partial charge is 0.573 e. The Balaban J connectivity index is 1.42. The number of fused-ring (bicyclic) bond motifs is 2. The maximum Gasteiger partial charge on any atom is 0.573 e. The van der Waals surface area contributed by atoms with E-state index < -0.39 is 6.36 Å². The first kappa shape index (κ1) is 20.3. The average Bonchev–Trinajstić information content (AvgIpc) is 3.19. The molecular formula is C22H18F3N5O2. The number of H-pyrrole nitrogens is 1. The first-order chi connectivity index (χ1) is 15.3. The van der Waals surface area contributed by atoms with Crippen LogP contribution in [0.3, 0.4) is 0 Å². The molecule has 2 aromatic carbocycles. The van der Waals surface area contributed by atoms with E-state index in [4.69, 9.17) is 0 Å². The van der Waals surface area contributed by atoms with Crippen molar-refractivity contribution in [1.29, 1.82) is 0 Å². The maximum atomic E-state index is 12.7. The van der Waals surface area contributed by atoms with Crippen molar-refractivity contribution in [3.05, 3.63) is 75.7 Å². The Morgan fingerprint density at radius 3 is 2.62 bits per heavy atom. The van der Waals surface area contributed by atoms with Crippen LogP contribution in [0.2, 0.25) is 0 Å². The molecule has 1 atom stereocenters. The molecule has 0 amide bonds. The van der Waals surface area contributed by atoms with Crippen molar-refractivity contribution in [1.82, 2.24) is 25.1 Å². The Morgan fingerprint density at radius 1 is 1.12 bits per heavy atom. The van der Waals surface area contributed by atoms with E-state index >= 15 is 0 Å². The molecule has 32 heavy (non-hydrogen) atoms. The molecule has 4 aromatic rings. The van der Waals surface area contributed by atoms with Crippen LogP contribution in [0.4, 0.5) is 13.2 Å². The summed E-state index contributed by atoms with van der Waals surface area (Å²) in [5.74, 6) is 0.870. The number of halogens is 3. The Labute approximate surface area is 179 Å². The first-order valence-electron chi connectivity index (χ1n) is 9.93. The number of nitrogens with zero attached hydrogens (tertiary/aromatic N) is 3. The van der Waals surface area contributed by atoms with E-state index in [2.05, 4.69) is 25.1 Å². The molecule has 0 radical (unpaired) electrons. The summed E-state index contributed by atoms with van der Waals surface area (Å²) in [4.78, 5) is 20.6. The molecule has 1 aliphatic heterocycles. The van der Waals surface area contributed by atoms with Gasteiger partial charge >= 0.3 is 6.36 Å². The zero-order chi connectivity index (χ0) is 22.5. The number of hydrogen-bond donors (Lipinski definition) is 2. The third-order valence-corrected chi connectivity index (χ3v) is 5.50. The highest BCUT2D eigenvalue weighted by Gasteiger charge is 2.31. The number of pyridine rings is 1. The lowest BCUT2D eigenvalue weighted by atomic mass is 10.1. The summed E-state index contributed by atoms with van der Waals surface area (Å²) in [5.41, 5.74) is 2.55. The lowest BCUT2D eigenvalue weighted by Gasteiger charge is -2.24. The number of aromatic amines is 1. The highest BCUT2D eigenvalue weighted by atomic mass is 19.4. The Bertz CT molecular complexity index is 1360. The van der Waals surface area contributed by atoms with Gasteiger partial charge in [0.25, 0.3) is 0 Å². The predicted molar refractivity (Wildman–Crippen MR) is 111 cm³/mol. The number of benzene rings is 2. The lowest BCUT2D eigenvalue weighted by molar-refractivity contribution is -0.274. The number of nitrogens with one attached hydrogen (secondary N) is 2. The quantitative estimate of drug-likeness (QED) is 0.505. The van der Waals surface area contributed by atoms with Crippen molar-refractivity contribution in [2.24, 2.45) is 0 Å². The van der Waals surface area contributed by atoms with Gasteiger partial charge in [-0.2, -0.15) is 0 Å². The van der Waals surface area contributed by atoms with Crippen molar-refractivity contribution in [3.8, 4) is 17.3 Å². The van der Waals surface area contributed by atoms with Crippen LogP contribution < -0.4 is 15.5 Å². The third kappa shape index (κ3) is 3.73. The van der Waals surface area contributed by atoms with Gasteiger partial charge in [-0.05, 0) is 36.8 Å². The van der Waals surface area contributed by atoms with Crippen LogP contribution in [0.5, 0.6) is 5.75 Å². The highest BCUT2D eigenvalue weighted by molar-refractivity contribution is 5.82. The number of alkyl halides is 3. The second-order valence-corrected chi connectivity index (χ2v) is 7.58. The van der Waals surface area contributed by atoms with Gasteiger partial charge in [0, 0.05) is 16.5 Å². The van der Waals surface area contributed by atoms with Crippen LogP contribution in [-0.2, 0) is 13.1 Å². The number of hydrogen-bond acceptors (Lipinski definition) is 5. The number of rotatable bonds is 3. The summed E-state index contributed by atoms with van der Waals surface area (Å²) in [7, 11) is 0. The van der Waals surface area contributed by atoms with Gasteiger partial charge in [0.2, 0.25) is 0 Å². The molecule has 0 saturated heterocycles. The number of aromatic nitrogens is 4. The predicted octanol–water partition coefficient (Wildman–Crippen LogP) is 3.84. The minimum atomic E-state index is -4.72. The molecule has 7 nitrogen and oxygen atoms in total. The fraction of sp³-hybridized carbons (Fsp3) is 0.227. The second-order valence-electron chi connectivity index (χ2n) is 7.58. The molecule has 0 aliphatic carbocycles. The van der Waals surface area contributed by atoms with Crippen molar-refractivity contribution < 1.29 is 17.9 Å². The van der Waals surface area contributed by atoms with Gasteiger partial charge in [0.15, 0.2) is 11.3 Å². The zero-order valence-corrected chi connectivity index (χ0v) is 16.9. The van der Waals surface area contributed by atoms with E-state index in [1.54, 1.807) is 29.8 Å². The minimum Gasteiger partial charge on any atom is -0.406 e. The maximum absolute atomic E-state index is 12.7. The zero-order valence-electron chi connectivity index (χ0n) is 16.9. The molecule has 2 N–H and O–H groups in total. The first-order valence-corrected chi connectivity index (χ1v) is 9.93. The molecule has 3 heterocycles. The second kappa shape index (κ2) is 7.49. The SMILES string of the molecule is Cc1c(-c2nc3n(n2)C[C@@H](c2ccc(OC(F)(F)F)cc2)NC3)[nH]c2ccccc2c1=O. The standard InChI is InChI=1S/C22H18F3N5O2/c1-12-19(27-16-5-3-2-4-15(16)20(12)31)21-28-18-10-26-17(11-30(18)29-21)13-6-8-14(9-7-13)32-22(23,24)25/h2-9,17,26H,10-11H2,1H3,(H,27,31)/t17-/m0/s1. The Kier molecular flexibility index (Phi) is 4.74. The van der Waals surface area contributed by atoms with E-state index in [-0.39, 0.29) is 17.2 Å². The van der Waals surface area contributed by atoms with Gasteiger partial charge in [-0.15, -0.1) is 18.3 Å². The van der Waals surface area contributed by atoms with Crippen LogP contribution in [0.1, 0.15) is 23.0 Å². The molecule has 2 aromatic heterocycles. The van der Waals surface area contributed by atoms with Gasteiger partial charge in [0.1, 0.15) is 11.6 Å². The van der Waals surface area contributed by atoms with Gasteiger partial charge in [-0.25, -0.2) is 9.67 Å². The molecule has 0 unspecified atom stereocenters. The molecule has 10 heteroatoms. The van der Waals surface area contributed by atoms with Crippen LogP contribution in [0, 0.1) is 6.92 Å². The molecule has 0 bridgehead atoms. The summed E-state index contributed by atoms with van der Waals surface area (Å²) in [6.07, 6.45) is -4.72. The van der Waals surface area contributed by atoms with E-state index in [0.717, 1.165) is 5.56 Å². The van der Waals surface area contributed by atoms with Crippen LogP contribution in [-0.4, -0.2) is 26.1 Å². The molecular weight excluding hydrogens is 423 g/mol. The van der Waals surface area contributed by atoms with Gasteiger partial charge in [0.05, 0.1) is 24.8 Å². The molecule has 0 spiro atoms. The Hall–Kier alpha value is -3.66. The summed E-state index contributed by atoms with van der Waals surface area (Å²) in [6.45, 7) is 2.61. The topological polar surface area (TPSA) is 84.8 Å². The van der Waals surface area contributed by atoms with Crippen LogP contribution in [0.15, 0.2) is 53.3 Å². The summed E-state index contributed by atoms with van der Waals surface area (Å²) in [6, 6.07) is 12.9. The molecule has 0 saturated carbocycles. The van der Waals surface area contributed by atoms with Crippen molar-refractivity contribution in [2.75, 3.05) is 0 Å². The fourth-order valence-electron chi connectivity index (χ4n) is 3.89. The lowest BCUT2D eigenvalue weighted by Crippen LogP contribution is -2.32. The molecule has 164 valence electrons. The van der Waals surface area contributed by atoms with Gasteiger partial charge in [-0.3, -0.25) is 4.79 Å². The number of ether oxygens (including phenoxy) is 1. The normalized spacial score (nSPS) is 16.2. The molecule has 1 aliphatic rings. The monoisotopic (exact) mass is 441 g/mol. The van der Waals surface area contributed by atoms with Crippen molar-refractivity contribution in [2.45, 2.75) is 32.4 Å². The van der Waals surface area contributed by atoms with Gasteiger partial charge < -0.3 is 15.0 Å². The van der Waals surface area contributed by atoms with E-state index in [9.17, 15) is 18.0 Å². The van der Waals surface area contributed by atoms with Crippen molar-refractivity contribution >= 4 is 10.9 Å². The van der Waals surface area contributed by atoms with E-state index in [0.29, 0.717) is 46.9 Å². The van der Waals surface area contributed by atoms with Gasteiger partial charge in [-0.1, -0.05) is 24.3 Å². The molecule has 5 rings (SSSR count). The summed E-state index contributed by atoms with van der Waals surface area (Å²) in [5, 5.41) is 8.52. The summed E-state index contributed by atoms with van der Waals surface area (Å²) < 4.78 is 42.8. The smallest absolute Gasteiger partial charge is 0.406 e. The highest BCUT2D eigenvalue weighted by Crippen LogP contribution is 2.27.